The maximum absolute atomic E-state index is 11.1. The van der Waals surface area contributed by atoms with Crippen LogP contribution in [-0.4, -0.2) is 14.7 Å². The van der Waals surface area contributed by atoms with Gasteiger partial charge in [0.15, 0.2) is 9.84 Å². The van der Waals surface area contributed by atoms with Crippen LogP contribution in [0.2, 0.25) is 8.67 Å². The van der Waals surface area contributed by atoms with Gasteiger partial charge in [-0.3, -0.25) is 0 Å². The minimum Gasteiger partial charge on any atom is -0.224 e. The van der Waals surface area contributed by atoms with Crippen LogP contribution in [0.5, 0.6) is 0 Å². The zero-order valence-electron chi connectivity index (χ0n) is 5.77. The van der Waals surface area contributed by atoms with Crippen molar-refractivity contribution in [2.24, 2.45) is 0 Å². The molecule has 1 rings (SSSR count). The molecular formula is C5H3BrCl2O2S2. The summed E-state index contributed by atoms with van der Waals surface area (Å²) >= 11 is 15.4. The van der Waals surface area contributed by atoms with Crippen LogP contribution >= 0.6 is 50.5 Å². The van der Waals surface area contributed by atoms with E-state index in [1.165, 1.54) is 0 Å². The molecule has 0 bridgehead atoms. The van der Waals surface area contributed by atoms with Gasteiger partial charge in [-0.2, -0.15) is 0 Å². The van der Waals surface area contributed by atoms with Crippen molar-refractivity contribution in [3.05, 3.63) is 13.1 Å². The summed E-state index contributed by atoms with van der Waals surface area (Å²) in [5, 5.41) is 0. The first kappa shape index (κ1) is 10.8. The predicted octanol–water partition coefficient (Wildman–Crippen LogP) is 3.22. The van der Waals surface area contributed by atoms with Crippen molar-refractivity contribution in [1.82, 2.24) is 0 Å². The molecule has 1 heterocycles. The molecule has 0 amide bonds. The Hall–Kier alpha value is 0.710. The fourth-order valence-corrected chi connectivity index (χ4v) is 5.38. The molecule has 12 heavy (non-hydrogen) atoms. The predicted molar refractivity (Wildman–Crippen MR) is 55.1 cm³/mol. The molecule has 0 fully saturated rings. The van der Waals surface area contributed by atoms with Gasteiger partial charge >= 0.3 is 0 Å². The molecule has 0 aromatic carbocycles. The van der Waals surface area contributed by atoms with E-state index in [0.717, 1.165) is 17.6 Å². The summed E-state index contributed by atoms with van der Waals surface area (Å²) in [4.78, 5) is 0.0687. The molecule has 0 saturated carbocycles. The first-order valence-corrected chi connectivity index (χ1v) is 6.93. The molecule has 2 nitrogen and oxygen atoms in total. The second-order valence-electron chi connectivity index (χ2n) is 2.06. The quantitative estimate of drug-likeness (QED) is 0.798. The van der Waals surface area contributed by atoms with Crippen LogP contribution in [-0.2, 0) is 9.84 Å². The standard InChI is InChI=1S/C5H3BrCl2O2S2/c1-12(9,10)3-2(6)4(7)11-5(3)8/h1H3. The average Bonchev–Trinajstić information content (AvgIpc) is 2.05. The Kier molecular flexibility index (Phi) is 3.11. The molecule has 1 aromatic heterocycles. The van der Waals surface area contributed by atoms with Crippen molar-refractivity contribution in [3.63, 3.8) is 0 Å². The highest BCUT2D eigenvalue weighted by molar-refractivity contribution is 9.10. The summed E-state index contributed by atoms with van der Waals surface area (Å²) in [6, 6.07) is 0. The third-order valence-corrected chi connectivity index (χ3v) is 5.65. The molecule has 0 atom stereocenters. The minimum atomic E-state index is -3.30. The molecule has 0 N–H and O–H groups in total. The van der Waals surface area contributed by atoms with Gasteiger partial charge in [-0.25, -0.2) is 8.42 Å². The van der Waals surface area contributed by atoms with E-state index in [-0.39, 0.29) is 9.23 Å². The molecule has 0 saturated heterocycles. The topological polar surface area (TPSA) is 34.1 Å². The van der Waals surface area contributed by atoms with Crippen LogP contribution in [0.1, 0.15) is 0 Å². The molecule has 7 heteroatoms. The SMILES string of the molecule is CS(=O)(=O)c1c(Cl)sc(Cl)c1Br. The second-order valence-corrected chi connectivity index (χ2v) is 7.04. The summed E-state index contributed by atoms with van der Waals surface area (Å²) in [7, 11) is -3.30. The highest BCUT2D eigenvalue weighted by Gasteiger charge is 2.21. The van der Waals surface area contributed by atoms with Gasteiger partial charge in [0.2, 0.25) is 0 Å². The second kappa shape index (κ2) is 3.46. The van der Waals surface area contributed by atoms with Crippen molar-refractivity contribution in [1.29, 1.82) is 0 Å². The average molecular weight is 310 g/mol. The van der Waals surface area contributed by atoms with Crippen LogP contribution in [0.4, 0.5) is 0 Å². The normalized spacial score (nSPS) is 12.0. The zero-order valence-corrected chi connectivity index (χ0v) is 10.5. The minimum absolute atomic E-state index is 0.0687. The number of rotatable bonds is 1. The molecule has 0 unspecified atom stereocenters. The first-order chi connectivity index (χ1) is 5.34. The summed E-state index contributed by atoms with van der Waals surface area (Å²) in [6.45, 7) is 0. The van der Waals surface area contributed by atoms with E-state index < -0.39 is 9.84 Å². The number of sulfone groups is 1. The van der Waals surface area contributed by atoms with E-state index in [4.69, 9.17) is 23.2 Å². The molecule has 0 aliphatic rings. The monoisotopic (exact) mass is 308 g/mol. The fraction of sp³-hybridized carbons (Fsp3) is 0.200. The van der Waals surface area contributed by atoms with Gasteiger partial charge in [0, 0.05) is 6.26 Å². The van der Waals surface area contributed by atoms with Gasteiger partial charge in [-0.15, -0.1) is 11.3 Å². The molecular weight excluding hydrogens is 307 g/mol. The van der Waals surface area contributed by atoms with Gasteiger partial charge in [0.25, 0.3) is 0 Å². The lowest BCUT2D eigenvalue weighted by Gasteiger charge is -1.94. The molecule has 0 spiro atoms. The molecule has 68 valence electrons. The number of thiophene rings is 1. The number of hydrogen-bond acceptors (Lipinski definition) is 3. The Balaban J connectivity index is 3.54. The third-order valence-electron chi connectivity index (χ3n) is 1.10. The fourth-order valence-electron chi connectivity index (χ4n) is 0.654. The summed E-state index contributed by atoms with van der Waals surface area (Å²) < 4.78 is 23.1. The number of halogens is 3. The van der Waals surface area contributed by atoms with E-state index in [1.807, 2.05) is 0 Å². The van der Waals surface area contributed by atoms with Gasteiger partial charge < -0.3 is 0 Å². The van der Waals surface area contributed by atoms with Crippen LogP contribution in [0.25, 0.3) is 0 Å². The van der Waals surface area contributed by atoms with Gasteiger partial charge in [-0.1, -0.05) is 23.2 Å². The van der Waals surface area contributed by atoms with Crippen molar-refractivity contribution >= 4 is 60.3 Å². The molecule has 0 aliphatic heterocycles. The Morgan fingerprint density at radius 1 is 1.33 bits per heavy atom. The highest BCUT2D eigenvalue weighted by atomic mass is 79.9. The lowest BCUT2D eigenvalue weighted by molar-refractivity contribution is 0.602. The number of hydrogen-bond donors (Lipinski definition) is 0. The smallest absolute Gasteiger partial charge is 0.179 e. The Bertz CT molecular complexity index is 409. The largest absolute Gasteiger partial charge is 0.224 e. The van der Waals surface area contributed by atoms with E-state index in [2.05, 4.69) is 15.9 Å². The Morgan fingerprint density at radius 3 is 2.00 bits per heavy atom. The van der Waals surface area contributed by atoms with Gasteiger partial charge in [0.1, 0.15) is 13.6 Å². The summed E-state index contributed by atoms with van der Waals surface area (Å²) in [5.74, 6) is 0. The summed E-state index contributed by atoms with van der Waals surface area (Å²) in [6.07, 6.45) is 1.09. The molecule has 0 aliphatic carbocycles. The van der Waals surface area contributed by atoms with Crippen molar-refractivity contribution in [2.75, 3.05) is 6.26 Å². The van der Waals surface area contributed by atoms with E-state index in [9.17, 15) is 8.42 Å². The lowest BCUT2D eigenvalue weighted by Crippen LogP contribution is -1.96. The van der Waals surface area contributed by atoms with E-state index in [1.54, 1.807) is 0 Å². The van der Waals surface area contributed by atoms with Crippen LogP contribution in [0.15, 0.2) is 9.37 Å². The first-order valence-electron chi connectivity index (χ1n) is 2.67. The zero-order chi connectivity index (χ0) is 9.52. The lowest BCUT2D eigenvalue weighted by atomic mass is 10.7. The van der Waals surface area contributed by atoms with Crippen LogP contribution < -0.4 is 0 Å². The maximum atomic E-state index is 11.1. The summed E-state index contributed by atoms with van der Waals surface area (Å²) in [5.41, 5.74) is 0. The Morgan fingerprint density at radius 2 is 1.83 bits per heavy atom. The molecule has 0 radical (unpaired) electrons. The van der Waals surface area contributed by atoms with Gasteiger partial charge in [0.05, 0.1) is 4.47 Å². The highest BCUT2D eigenvalue weighted by Crippen LogP contribution is 2.42. The van der Waals surface area contributed by atoms with Crippen LogP contribution in [0, 0.1) is 0 Å². The van der Waals surface area contributed by atoms with E-state index >= 15 is 0 Å². The van der Waals surface area contributed by atoms with E-state index in [0.29, 0.717) is 8.81 Å². The van der Waals surface area contributed by atoms with Crippen molar-refractivity contribution in [3.8, 4) is 0 Å². The molecule has 1 aromatic rings. The van der Waals surface area contributed by atoms with Crippen LogP contribution in [0.3, 0.4) is 0 Å². The third kappa shape index (κ3) is 1.96. The maximum Gasteiger partial charge on any atom is 0.179 e. The van der Waals surface area contributed by atoms with Gasteiger partial charge in [-0.05, 0) is 15.9 Å². The Labute approximate surface area is 92.5 Å². The van der Waals surface area contributed by atoms with Crippen molar-refractivity contribution < 1.29 is 8.42 Å². The van der Waals surface area contributed by atoms with Crippen molar-refractivity contribution in [2.45, 2.75) is 4.90 Å².